The van der Waals surface area contributed by atoms with Crippen molar-refractivity contribution in [3.05, 3.63) is 76.5 Å². The van der Waals surface area contributed by atoms with Crippen molar-refractivity contribution >= 4 is 34.8 Å². The molecule has 0 aliphatic heterocycles. The number of halogens is 2. The maximum Gasteiger partial charge on any atom is 0.276 e. The number of carbonyl (C=O) groups excluding carboxylic acids is 1. The molecule has 122 valence electrons. The maximum absolute atomic E-state index is 12.2. The summed E-state index contributed by atoms with van der Waals surface area (Å²) in [5, 5.41) is 7.87. The summed E-state index contributed by atoms with van der Waals surface area (Å²) in [6.07, 6.45) is 1.65. The molecule has 1 aromatic heterocycles. The SMILES string of the molecule is O=C(Nc1ccccc1Cl)c1ccn(COc2ccccc2Cl)n1. The first-order chi connectivity index (χ1) is 11.6. The molecule has 5 nitrogen and oxygen atoms in total. The van der Waals surface area contributed by atoms with Crippen molar-refractivity contribution in [1.29, 1.82) is 0 Å². The Hall–Kier alpha value is -2.50. The molecular weight excluding hydrogens is 349 g/mol. The lowest BCUT2D eigenvalue weighted by Gasteiger charge is -2.07. The van der Waals surface area contributed by atoms with Gasteiger partial charge in [0.15, 0.2) is 12.4 Å². The summed E-state index contributed by atoms with van der Waals surface area (Å²) in [5.41, 5.74) is 0.795. The molecule has 24 heavy (non-hydrogen) atoms. The quantitative estimate of drug-likeness (QED) is 0.728. The smallest absolute Gasteiger partial charge is 0.276 e. The van der Waals surface area contributed by atoms with E-state index in [1.54, 1.807) is 48.7 Å². The van der Waals surface area contributed by atoms with E-state index in [9.17, 15) is 4.79 Å². The monoisotopic (exact) mass is 361 g/mol. The van der Waals surface area contributed by atoms with Gasteiger partial charge < -0.3 is 10.1 Å². The first-order valence-electron chi connectivity index (χ1n) is 7.10. The summed E-state index contributed by atoms with van der Waals surface area (Å²) < 4.78 is 7.07. The number of ether oxygens (including phenoxy) is 1. The number of amides is 1. The first-order valence-corrected chi connectivity index (χ1v) is 7.86. The molecule has 0 aliphatic carbocycles. The fraction of sp³-hybridized carbons (Fsp3) is 0.0588. The van der Waals surface area contributed by atoms with E-state index in [2.05, 4.69) is 10.4 Å². The van der Waals surface area contributed by atoms with Crippen molar-refractivity contribution in [3.8, 4) is 5.75 Å². The van der Waals surface area contributed by atoms with E-state index >= 15 is 0 Å². The van der Waals surface area contributed by atoms with Gasteiger partial charge in [-0.1, -0.05) is 47.5 Å². The lowest BCUT2D eigenvalue weighted by Crippen LogP contribution is -2.14. The number of hydrogen-bond acceptors (Lipinski definition) is 3. The number of aromatic nitrogens is 2. The van der Waals surface area contributed by atoms with Crippen molar-refractivity contribution in [2.24, 2.45) is 0 Å². The van der Waals surface area contributed by atoms with Crippen LogP contribution >= 0.6 is 23.2 Å². The van der Waals surface area contributed by atoms with Crippen LogP contribution in [0.2, 0.25) is 10.0 Å². The molecule has 0 radical (unpaired) electrons. The zero-order chi connectivity index (χ0) is 16.9. The molecule has 3 rings (SSSR count). The van der Waals surface area contributed by atoms with E-state index in [4.69, 9.17) is 27.9 Å². The second-order valence-corrected chi connectivity index (χ2v) is 5.69. The highest BCUT2D eigenvalue weighted by molar-refractivity contribution is 6.33. The van der Waals surface area contributed by atoms with Gasteiger partial charge in [0, 0.05) is 6.20 Å². The summed E-state index contributed by atoms with van der Waals surface area (Å²) in [7, 11) is 0. The number of carbonyl (C=O) groups is 1. The van der Waals surface area contributed by atoms with E-state index in [0.717, 1.165) is 0 Å². The number of nitrogens with one attached hydrogen (secondary N) is 1. The Labute approximate surface area is 148 Å². The highest BCUT2D eigenvalue weighted by Gasteiger charge is 2.11. The Morgan fingerprint density at radius 3 is 2.50 bits per heavy atom. The van der Waals surface area contributed by atoms with E-state index in [-0.39, 0.29) is 18.3 Å². The first kappa shape index (κ1) is 16.4. The third-order valence-corrected chi connectivity index (χ3v) is 3.83. The van der Waals surface area contributed by atoms with Gasteiger partial charge in [-0.3, -0.25) is 4.79 Å². The molecule has 3 aromatic rings. The van der Waals surface area contributed by atoms with Gasteiger partial charge in [0.25, 0.3) is 5.91 Å². The molecule has 0 spiro atoms. The normalized spacial score (nSPS) is 10.4. The van der Waals surface area contributed by atoms with E-state index < -0.39 is 0 Å². The Morgan fingerprint density at radius 1 is 1.04 bits per heavy atom. The lowest BCUT2D eigenvalue weighted by molar-refractivity contribution is 0.102. The average Bonchev–Trinajstić information content (AvgIpc) is 3.05. The van der Waals surface area contributed by atoms with Crippen LogP contribution in [-0.4, -0.2) is 15.7 Å². The fourth-order valence-electron chi connectivity index (χ4n) is 2.00. The predicted octanol–water partition coefficient (Wildman–Crippen LogP) is 4.48. The molecule has 0 fully saturated rings. The van der Waals surface area contributed by atoms with Crippen LogP contribution in [0.5, 0.6) is 5.75 Å². The van der Waals surface area contributed by atoms with E-state index in [1.807, 2.05) is 12.1 Å². The minimum Gasteiger partial charge on any atom is -0.470 e. The van der Waals surface area contributed by atoms with Crippen molar-refractivity contribution in [2.45, 2.75) is 6.73 Å². The number of benzene rings is 2. The molecule has 1 amide bonds. The molecule has 2 aromatic carbocycles. The average molecular weight is 362 g/mol. The number of para-hydroxylation sites is 2. The molecule has 0 saturated carbocycles. The van der Waals surface area contributed by atoms with Crippen molar-refractivity contribution in [1.82, 2.24) is 9.78 Å². The van der Waals surface area contributed by atoms with Crippen LogP contribution in [0.25, 0.3) is 0 Å². The highest BCUT2D eigenvalue weighted by Crippen LogP contribution is 2.23. The van der Waals surface area contributed by atoms with Gasteiger partial charge in [-0.15, -0.1) is 0 Å². The van der Waals surface area contributed by atoms with Crippen LogP contribution in [0, 0.1) is 0 Å². The summed E-state index contributed by atoms with van der Waals surface area (Å²) in [5.74, 6) is 0.205. The number of anilines is 1. The molecule has 7 heteroatoms. The van der Waals surface area contributed by atoms with Crippen LogP contribution in [0.4, 0.5) is 5.69 Å². The standard InChI is InChI=1S/C17H13Cl2N3O2/c18-12-5-1-3-7-14(12)20-17(23)15-9-10-22(21-15)11-24-16-8-4-2-6-13(16)19/h1-10H,11H2,(H,20,23). The number of hydrogen-bond donors (Lipinski definition) is 1. The van der Waals surface area contributed by atoms with Gasteiger partial charge in [-0.25, -0.2) is 4.68 Å². The molecule has 1 N–H and O–H groups in total. The van der Waals surface area contributed by atoms with Crippen molar-refractivity contribution in [2.75, 3.05) is 5.32 Å². The molecule has 0 bridgehead atoms. The van der Waals surface area contributed by atoms with Gasteiger partial charge in [-0.2, -0.15) is 5.10 Å². The second-order valence-electron chi connectivity index (χ2n) is 4.88. The molecule has 0 aliphatic rings. The Bertz CT molecular complexity index is 864. The Kier molecular flexibility index (Phi) is 5.03. The van der Waals surface area contributed by atoms with Crippen molar-refractivity contribution in [3.63, 3.8) is 0 Å². The zero-order valence-electron chi connectivity index (χ0n) is 12.4. The largest absolute Gasteiger partial charge is 0.470 e. The van der Waals surface area contributed by atoms with Gasteiger partial charge >= 0.3 is 0 Å². The minimum atomic E-state index is -0.348. The van der Waals surface area contributed by atoms with Gasteiger partial charge in [-0.05, 0) is 30.3 Å². The summed E-state index contributed by atoms with van der Waals surface area (Å²) in [4.78, 5) is 12.2. The van der Waals surface area contributed by atoms with Crippen molar-refractivity contribution < 1.29 is 9.53 Å². The molecular formula is C17H13Cl2N3O2. The molecule has 0 atom stereocenters. The molecule has 1 heterocycles. The maximum atomic E-state index is 12.2. The highest BCUT2D eigenvalue weighted by atomic mass is 35.5. The van der Waals surface area contributed by atoms with Gasteiger partial charge in [0.05, 0.1) is 15.7 Å². The third-order valence-electron chi connectivity index (χ3n) is 3.18. The Morgan fingerprint density at radius 2 is 1.75 bits per heavy atom. The summed E-state index contributed by atoms with van der Waals surface area (Å²) >= 11 is 12.0. The predicted molar refractivity (Wildman–Crippen MR) is 93.7 cm³/mol. The van der Waals surface area contributed by atoms with Gasteiger partial charge in [0.2, 0.25) is 0 Å². The van der Waals surface area contributed by atoms with Crippen LogP contribution in [-0.2, 0) is 6.73 Å². The van der Waals surface area contributed by atoms with Gasteiger partial charge in [0.1, 0.15) is 5.75 Å². The lowest BCUT2D eigenvalue weighted by atomic mass is 10.3. The molecule has 0 unspecified atom stereocenters. The van der Waals surface area contributed by atoms with Crippen LogP contribution in [0.15, 0.2) is 60.8 Å². The third kappa shape index (κ3) is 3.88. The number of nitrogens with zero attached hydrogens (tertiary/aromatic N) is 2. The summed E-state index contributed by atoms with van der Waals surface area (Å²) in [6, 6.07) is 15.7. The molecule has 0 saturated heterocycles. The van der Waals surface area contributed by atoms with Crippen LogP contribution in [0.3, 0.4) is 0 Å². The number of rotatable bonds is 5. The van der Waals surface area contributed by atoms with Crippen LogP contribution < -0.4 is 10.1 Å². The van der Waals surface area contributed by atoms with Crippen LogP contribution in [0.1, 0.15) is 10.5 Å². The van der Waals surface area contributed by atoms with E-state index in [0.29, 0.717) is 21.5 Å². The second kappa shape index (κ2) is 7.38. The van der Waals surface area contributed by atoms with E-state index in [1.165, 1.54) is 4.68 Å². The fourth-order valence-corrected chi connectivity index (χ4v) is 2.37. The summed E-state index contributed by atoms with van der Waals surface area (Å²) in [6.45, 7) is 0.142. The zero-order valence-corrected chi connectivity index (χ0v) is 14.0. The topological polar surface area (TPSA) is 56.2 Å². The minimum absolute atomic E-state index is 0.142. The Balaban J connectivity index is 1.64.